The first-order valence-electron chi connectivity index (χ1n) is 8.00. The smallest absolute Gasteiger partial charge is 0.253 e. The standard InChI is InChI=1S/C18H23N3O/c1-12-7-8-15(18(22)21-9-5-4-6-10-21)11-16(12)17-13(2)19-14(3)20-17/h7-8,11H,4-6,9-10H2,1-3H3,(H,19,20). The van der Waals surface area contributed by atoms with E-state index in [1.807, 2.05) is 36.9 Å². The minimum atomic E-state index is 0.144. The van der Waals surface area contributed by atoms with Gasteiger partial charge >= 0.3 is 0 Å². The number of hydrogen-bond acceptors (Lipinski definition) is 2. The molecule has 4 nitrogen and oxygen atoms in total. The van der Waals surface area contributed by atoms with E-state index in [4.69, 9.17) is 0 Å². The summed E-state index contributed by atoms with van der Waals surface area (Å²) in [7, 11) is 0. The van der Waals surface area contributed by atoms with Crippen molar-refractivity contribution in [1.82, 2.24) is 14.9 Å². The van der Waals surface area contributed by atoms with Gasteiger partial charge in [-0.15, -0.1) is 0 Å². The van der Waals surface area contributed by atoms with Crippen LogP contribution in [0.3, 0.4) is 0 Å². The number of carbonyl (C=O) groups is 1. The van der Waals surface area contributed by atoms with Crippen LogP contribution in [-0.2, 0) is 0 Å². The second-order valence-corrected chi connectivity index (χ2v) is 6.18. The lowest BCUT2D eigenvalue weighted by Crippen LogP contribution is -2.35. The molecular formula is C18H23N3O. The molecule has 1 aliphatic heterocycles. The lowest BCUT2D eigenvalue weighted by molar-refractivity contribution is 0.0724. The molecule has 3 rings (SSSR count). The van der Waals surface area contributed by atoms with E-state index in [1.54, 1.807) is 0 Å². The molecule has 1 fully saturated rings. The van der Waals surface area contributed by atoms with E-state index in [0.29, 0.717) is 0 Å². The van der Waals surface area contributed by atoms with Crippen LogP contribution in [-0.4, -0.2) is 33.9 Å². The molecule has 0 saturated carbocycles. The number of hydrogen-bond donors (Lipinski definition) is 1. The number of H-pyrrole nitrogens is 1. The summed E-state index contributed by atoms with van der Waals surface area (Å²) < 4.78 is 0. The van der Waals surface area contributed by atoms with Crippen molar-refractivity contribution in [3.05, 3.63) is 40.8 Å². The summed E-state index contributed by atoms with van der Waals surface area (Å²) in [5.41, 5.74) is 4.95. The average Bonchev–Trinajstić information content (AvgIpc) is 2.86. The molecule has 0 spiro atoms. The van der Waals surface area contributed by atoms with Gasteiger partial charge in [0.2, 0.25) is 0 Å². The lowest BCUT2D eigenvalue weighted by atomic mass is 10.00. The van der Waals surface area contributed by atoms with Crippen molar-refractivity contribution < 1.29 is 4.79 Å². The number of aromatic nitrogens is 2. The van der Waals surface area contributed by atoms with Gasteiger partial charge in [0.15, 0.2) is 0 Å². The Morgan fingerprint density at radius 3 is 2.50 bits per heavy atom. The molecule has 0 unspecified atom stereocenters. The van der Waals surface area contributed by atoms with Gasteiger partial charge in [0.1, 0.15) is 5.82 Å². The summed E-state index contributed by atoms with van der Waals surface area (Å²) in [6, 6.07) is 5.95. The van der Waals surface area contributed by atoms with Gasteiger partial charge in [-0.2, -0.15) is 0 Å². The molecule has 0 aliphatic carbocycles. The van der Waals surface area contributed by atoms with Crippen molar-refractivity contribution >= 4 is 5.91 Å². The largest absolute Gasteiger partial charge is 0.346 e. The van der Waals surface area contributed by atoms with Gasteiger partial charge < -0.3 is 9.88 Å². The van der Waals surface area contributed by atoms with Crippen molar-refractivity contribution in [3.8, 4) is 11.3 Å². The second kappa shape index (κ2) is 5.95. The summed E-state index contributed by atoms with van der Waals surface area (Å²) in [6.07, 6.45) is 3.46. The van der Waals surface area contributed by atoms with Crippen LogP contribution in [0.1, 0.15) is 46.7 Å². The highest BCUT2D eigenvalue weighted by atomic mass is 16.2. The van der Waals surface area contributed by atoms with Gasteiger partial charge in [0.25, 0.3) is 5.91 Å². The molecule has 116 valence electrons. The molecule has 0 bridgehead atoms. The number of nitrogens with zero attached hydrogens (tertiary/aromatic N) is 2. The van der Waals surface area contributed by atoms with E-state index in [1.165, 1.54) is 6.42 Å². The summed E-state index contributed by atoms with van der Waals surface area (Å²) in [6.45, 7) is 7.79. The number of imidazole rings is 1. The van der Waals surface area contributed by atoms with Gasteiger partial charge in [-0.25, -0.2) is 4.98 Å². The minimum absolute atomic E-state index is 0.144. The number of aromatic amines is 1. The van der Waals surface area contributed by atoms with Crippen molar-refractivity contribution in [2.75, 3.05) is 13.1 Å². The van der Waals surface area contributed by atoms with Crippen LogP contribution in [0.4, 0.5) is 0 Å². The number of rotatable bonds is 2. The zero-order chi connectivity index (χ0) is 15.7. The fraction of sp³-hybridized carbons (Fsp3) is 0.444. The van der Waals surface area contributed by atoms with Crippen LogP contribution in [0.25, 0.3) is 11.3 Å². The van der Waals surface area contributed by atoms with Crippen LogP contribution in [0.15, 0.2) is 18.2 Å². The monoisotopic (exact) mass is 297 g/mol. The van der Waals surface area contributed by atoms with Gasteiger partial charge in [0, 0.05) is 29.9 Å². The van der Waals surface area contributed by atoms with Crippen LogP contribution in [0, 0.1) is 20.8 Å². The van der Waals surface area contributed by atoms with Crippen LogP contribution < -0.4 is 0 Å². The zero-order valence-corrected chi connectivity index (χ0v) is 13.6. The van der Waals surface area contributed by atoms with Crippen molar-refractivity contribution in [2.45, 2.75) is 40.0 Å². The molecule has 1 aromatic carbocycles. The summed E-state index contributed by atoms with van der Waals surface area (Å²) >= 11 is 0. The average molecular weight is 297 g/mol. The predicted molar refractivity (Wildman–Crippen MR) is 88.0 cm³/mol. The van der Waals surface area contributed by atoms with E-state index in [2.05, 4.69) is 16.9 Å². The molecule has 2 heterocycles. The number of likely N-dealkylation sites (tertiary alicyclic amines) is 1. The van der Waals surface area contributed by atoms with Crippen LogP contribution in [0.2, 0.25) is 0 Å². The number of piperidine rings is 1. The van der Waals surface area contributed by atoms with Gasteiger partial charge in [-0.3, -0.25) is 4.79 Å². The normalized spacial score (nSPS) is 15.1. The summed E-state index contributed by atoms with van der Waals surface area (Å²) in [4.78, 5) is 22.5. The Balaban J connectivity index is 1.96. The lowest BCUT2D eigenvalue weighted by Gasteiger charge is -2.27. The molecule has 1 saturated heterocycles. The van der Waals surface area contributed by atoms with E-state index in [9.17, 15) is 4.79 Å². The summed E-state index contributed by atoms with van der Waals surface area (Å²) in [5, 5.41) is 0. The van der Waals surface area contributed by atoms with E-state index >= 15 is 0 Å². The van der Waals surface area contributed by atoms with E-state index < -0.39 is 0 Å². The topological polar surface area (TPSA) is 49.0 Å². The first-order valence-corrected chi connectivity index (χ1v) is 8.00. The minimum Gasteiger partial charge on any atom is -0.346 e. The highest BCUT2D eigenvalue weighted by Crippen LogP contribution is 2.26. The Hall–Kier alpha value is -2.10. The van der Waals surface area contributed by atoms with Crippen molar-refractivity contribution in [1.29, 1.82) is 0 Å². The van der Waals surface area contributed by atoms with E-state index in [0.717, 1.165) is 59.8 Å². The highest BCUT2D eigenvalue weighted by Gasteiger charge is 2.19. The molecule has 1 aliphatic rings. The maximum absolute atomic E-state index is 12.7. The number of amides is 1. The number of benzene rings is 1. The molecule has 1 amide bonds. The zero-order valence-electron chi connectivity index (χ0n) is 13.6. The van der Waals surface area contributed by atoms with Gasteiger partial charge in [-0.05, 0) is 57.7 Å². The second-order valence-electron chi connectivity index (χ2n) is 6.18. The Labute approximate surface area is 131 Å². The van der Waals surface area contributed by atoms with Gasteiger partial charge in [0.05, 0.1) is 5.69 Å². The van der Waals surface area contributed by atoms with Gasteiger partial charge in [-0.1, -0.05) is 6.07 Å². The number of nitrogens with one attached hydrogen (secondary N) is 1. The van der Waals surface area contributed by atoms with Crippen molar-refractivity contribution in [3.63, 3.8) is 0 Å². The molecular weight excluding hydrogens is 274 g/mol. The maximum atomic E-state index is 12.7. The molecule has 1 N–H and O–H groups in total. The molecule has 1 aromatic heterocycles. The molecule has 0 radical (unpaired) electrons. The summed E-state index contributed by atoms with van der Waals surface area (Å²) in [5.74, 6) is 1.05. The quantitative estimate of drug-likeness (QED) is 0.920. The first kappa shape index (κ1) is 14.8. The third kappa shape index (κ3) is 2.78. The highest BCUT2D eigenvalue weighted by molar-refractivity contribution is 5.95. The number of carbonyl (C=O) groups excluding carboxylic acids is 1. The van der Waals surface area contributed by atoms with Crippen molar-refractivity contribution in [2.24, 2.45) is 0 Å². The van der Waals surface area contributed by atoms with E-state index in [-0.39, 0.29) is 5.91 Å². The molecule has 2 aromatic rings. The fourth-order valence-corrected chi connectivity index (χ4v) is 3.16. The molecule has 4 heteroatoms. The van der Waals surface area contributed by atoms with Crippen LogP contribution >= 0.6 is 0 Å². The maximum Gasteiger partial charge on any atom is 0.253 e. The molecule has 22 heavy (non-hydrogen) atoms. The Kier molecular flexibility index (Phi) is 4.01. The third-order valence-corrected chi connectivity index (χ3v) is 4.39. The molecule has 0 atom stereocenters. The van der Waals surface area contributed by atoms with Crippen LogP contribution in [0.5, 0.6) is 0 Å². The SMILES string of the molecule is Cc1nc(-c2cc(C(=O)N3CCCCC3)ccc2C)c(C)[nH]1. The Morgan fingerprint density at radius 1 is 1.14 bits per heavy atom. The fourth-order valence-electron chi connectivity index (χ4n) is 3.16. The first-order chi connectivity index (χ1) is 10.6. The Bertz CT molecular complexity index is 696. The number of aryl methyl sites for hydroxylation is 3. The Morgan fingerprint density at radius 2 is 1.86 bits per heavy atom. The predicted octanol–water partition coefficient (Wildman–Crippen LogP) is 3.63. The third-order valence-electron chi connectivity index (χ3n) is 4.39.